The molecule has 3 rings (SSSR count). The Hall–Kier alpha value is -2.39. The first-order valence-corrected chi connectivity index (χ1v) is 8.20. The monoisotopic (exact) mass is 351 g/mol. The lowest BCUT2D eigenvalue weighted by Gasteiger charge is -2.37. The first kappa shape index (κ1) is 17.4. The molecule has 2 heterocycles. The van der Waals surface area contributed by atoms with Crippen LogP contribution in [0.3, 0.4) is 0 Å². The highest BCUT2D eigenvalue weighted by molar-refractivity contribution is 6.10. The summed E-state index contributed by atoms with van der Waals surface area (Å²) in [5.74, 6) is -4.60. The fraction of sp³-hybridized carbons (Fsp3) is 0.562. The number of aliphatic hydroxyl groups is 1. The zero-order valence-corrected chi connectivity index (χ0v) is 13.5. The second-order valence-electron chi connectivity index (χ2n) is 6.78. The van der Waals surface area contributed by atoms with Crippen molar-refractivity contribution in [3.05, 3.63) is 12.2 Å². The van der Waals surface area contributed by atoms with Crippen LogP contribution in [0.4, 0.5) is 0 Å². The van der Waals surface area contributed by atoms with Gasteiger partial charge in [0.2, 0.25) is 0 Å². The molecule has 3 aliphatic rings. The molecule has 1 atom stereocenters. The zero-order valence-electron chi connectivity index (χ0n) is 13.5. The van der Waals surface area contributed by atoms with Gasteiger partial charge in [-0.05, 0) is 25.7 Å². The van der Waals surface area contributed by atoms with Crippen molar-refractivity contribution in [1.29, 1.82) is 0 Å². The van der Waals surface area contributed by atoms with Crippen molar-refractivity contribution in [2.24, 2.45) is 11.8 Å². The number of carbonyl (C=O) groups is 5. The molecule has 2 fully saturated rings. The van der Waals surface area contributed by atoms with E-state index < -0.39 is 52.6 Å². The first-order chi connectivity index (χ1) is 11.8. The number of carbonyl (C=O) groups excluding carboxylic acids is 4. The van der Waals surface area contributed by atoms with Crippen LogP contribution in [-0.2, 0) is 24.0 Å². The number of amides is 4. The van der Waals surface area contributed by atoms with Gasteiger partial charge in [-0.15, -0.1) is 5.01 Å². The highest BCUT2D eigenvalue weighted by Crippen LogP contribution is 2.35. The molecule has 1 aliphatic carbocycles. The Bertz CT molecular complexity index is 673. The van der Waals surface area contributed by atoms with Crippen molar-refractivity contribution in [3.63, 3.8) is 0 Å². The third-order valence-corrected chi connectivity index (χ3v) is 5.26. The Morgan fingerprint density at radius 2 is 1.64 bits per heavy atom. The number of hydrogen-bond acceptors (Lipinski definition) is 6. The van der Waals surface area contributed by atoms with Gasteiger partial charge in [-0.25, -0.2) is 9.59 Å². The molecule has 9 heteroatoms. The Kier molecular flexibility index (Phi) is 4.29. The molecule has 1 saturated heterocycles. The maximum atomic E-state index is 12.5. The van der Waals surface area contributed by atoms with Gasteiger partial charge in [0.1, 0.15) is 12.6 Å². The molecule has 0 aromatic rings. The van der Waals surface area contributed by atoms with Gasteiger partial charge in [-0.2, -0.15) is 0 Å². The summed E-state index contributed by atoms with van der Waals surface area (Å²) < 4.78 is -1.07. The number of aliphatic carboxylic acids is 1. The summed E-state index contributed by atoms with van der Waals surface area (Å²) in [6.07, 6.45) is 1.87. The molecular formula is C16H19N2O7+. The number of nitrogens with zero attached hydrogens (tertiary/aromatic N) is 2. The minimum atomic E-state index is -1.55. The van der Waals surface area contributed by atoms with E-state index in [0.29, 0.717) is 30.7 Å². The largest absolute Gasteiger partial charge is 0.481 e. The van der Waals surface area contributed by atoms with Gasteiger partial charge < -0.3 is 10.2 Å². The van der Waals surface area contributed by atoms with Gasteiger partial charge in [0.25, 0.3) is 5.91 Å². The lowest BCUT2D eigenvalue weighted by atomic mass is 9.81. The van der Waals surface area contributed by atoms with E-state index in [1.54, 1.807) is 0 Å². The molecule has 0 aromatic carbocycles. The number of aliphatic hydroxyl groups excluding tert-OH is 1. The average molecular weight is 351 g/mol. The summed E-state index contributed by atoms with van der Waals surface area (Å²) in [4.78, 5) is 60.4. The highest BCUT2D eigenvalue weighted by Gasteiger charge is 2.61. The van der Waals surface area contributed by atoms with Crippen LogP contribution in [0.15, 0.2) is 12.2 Å². The summed E-state index contributed by atoms with van der Waals surface area (Å²) in [6.45, 7) is -0.0821. The second kappa shape index (κ2) is 6.16. The zero-order chi connectivity index (χ0) is 18.4. The maximum Gasteiger partial charge on any atom is 0.371 e. The van der Waals surface area contributed by atoms with Gasteiger partial charge in [0, 0.05) is 5.92 Å². The average Bonchev–Trinajstić information content (AvgIpc) is 2.98. The van der Waals surface area contributed by atoms with Crippen LogP contribution in [0.1, 0.15) is 32.1 Å². The van der Waals surface area contributed by atoms with Crippen LogP contribution in [0.25, 0.3) is 0 Å². The van der Waals surface area contributed by atoms with E-state index in [-0.39, 0.29) is 12.5 Å². The summed E-state index contributed by atoms with van der Waals surface area (Å²) in [5, 5.41) is 19.3. The van der Waals surface area contributed by atoms with E-state index in [4.69, 9.17) is 5.11 Å². The number of rotatable bonds is 4. The lowest BCUT2D eigenvalue weighted by Crippen LogP contribution is -2.67. The van der Waals surface area contributed by atoms with Crippen LogP contribution in [0.2, 0.25) is 0 Å². The minimum Gasteiger partial charge on any atom is -0.481 e. The van der Waals surface area contributed by atoms with Crippen LogP contribution >= 0.6 is 0 Å². The molecule has 4 amide bonds. The van der Waals surface area contributed by atoms with Crippen LogP contribution < -0.4 is 0 Å². The summed E-state index contributed by atoms with van der Waals surface area (Å²) in [6, 6.07) is 0. The van der Waals surface area contributed by atoms with Gasteiger partial charge in [-0.3, -0.25) is 14.4 Å². The quantitative estimate of drug-likeness (QED) is 0.509. The summed E-state index contributed by atoms with van der Waals surface area (Å²) in [5.41, 5.74) is 0. The Morgan fingerprint density at radius 1 is 1.08 bits per heavy atom. The van der Waals surface area contributed by atoms with Crippen molar-refractivity contribution in [1.82, 2.24) is 5.01 Å². The normalized spacial score (nSPS) is 31.9. The van der Waals surface area contributed by atoms with Crippen molar-refractivity contribution in [2.45, 2.75) is 38.2 Å². The molecule has 1 saturated carbocycles. The van der Waals surface area contributed by atoms with Crippen LogP contribution in [0, 0.1) is 11.8 Å². The molecule has 134 valence electrons. The highest BCUT2D eigenvalue weighted by atomic mass is 16.4. The van der Waals surface area contributed by atoms with Crippen molar-refractivity contribution < 1.29 is 38.8 Å². The van der Waals surface area contributed by atoms with E-state index in [1.165, 1.54) is 0 Å². The predicted molar refractivity (Wildman–Crippen MR) is 79.8 cm³/mol. The Morgan fingerprint density at radius 3 is 2.08 bits per heavy atom. The van der Waals surface area contributed by atoms with Gasteiger partial charge in [0.05, 0.1) is 24.5 Å². The number of quaternary nitrogens is 1. The number of carboxylic acids is 1. The van der Waals surface area contributed by atoms with Crippen molar-refractivity contribution in [3.8, 4) is 0 Å². The second-order valence-corrected chi connectivity index (χ2v) is 6.78. The molecule has 2 aliphatic heterocycles. The van der Waals surface area contributed by atoms with Gasteiger partial charge in [-0.1, -0.05) is 4.59 Å². The molecule has 0 radical (unpaired) electrons. The van der Waals surface area contributed by atoms with E-state index in [0.717, 1.165) is 12.2 Å². The fourth-order valence-corrected chi connectivity index (χ4v) is 3.88. The van der Waals surface area contributed by atoms with E-state index >= 15 is 0 Å². The van der Waals surface area contributed by atoms with E-state index in [1.807, 2.05) is 0 Å². The topological polar surface area (TPSA) is 129 Å². The predicted octanol–water partition coefficient (Wildman–Crippen LogP) is -0.648. The van der Waals surface area contributed by atoms with Gasteiger partial charge >= 0.3 is 23.7 Å². The number of carboxylic acid groups (broad SMARTS) is 1. The smallest absolute Gasteiger partial charge is 0.371 e. The SMILES string of the molecule is O=C(O)C1CCC(C[N+]2(N3C(=O)CC(O)C3=O)C(=O)C=CC2=O)CC1. The molecule has 9 nitrogen and oxygen atoms in total. The molecule has 25 heavy (non-hydrogen) atoms. The molecule has 2 N–H and O–H groups in total. The fourth-order valence-electron chi connectivity index (χ4n) is 3.88. The Labute approximate surface area is 143 Å². The third-order valence-electron chi connectivity index (χ3n) is 5.26. The van der Waals surface area contributed by atoms with Crippen LogP contribution in [0.5, 0.6) is 0 Å². The van der Waals surface area contributed by atoms with Gasteiger partial charge in [0.15, 0.2) is 0 Å². The minimum absolute atomic E-state index is 0.0821. The molecule has 0 aromatic heterocycles. The van der Waals surface area contributed by atoms with Crippen molar-refractivity contribution in [2.75, 3.05) is 6.54 Å². The summed E-state index contributed by atoms with van der Waals surface area (Å²) in [7, 11) is 0. The maximum absolute atomic E-state index is 12.5. The van der Waals surface area contributed by atoms with Crippen LogP contribution in [-0.4, -0.2) is 62.1 Å². The third kappa shape index (κ3) is 2.69. The lowest BCUT2D eigenvalue weighted by molar-refractivity contribution is -0.870. The van der Waals surface area contributed by atoms with Crippen molar-refractivity contribution >= 4 is 29.6 Å². The molecule has 1 unspecified atom stereocenters. The molecule has 0 spiro atoms. The first-order valence-electron chi connectivity index (χ1n) is 8.20. The standard InChI is InChI=1S/C16H18N2O7/c19-11-7-12(20)17(15(11)23)18(13(21)5-6-14(18)22)8-9-1-3-10(4-2-9)16(24)25/h5-6,9-11,19H,1-4,7-8H2/p+1. The molecular weight excluding hydrogens is 332 g/mol. The van der Waals surface area contributed by atoms with E-state index in [2.05, 4.69) is 0 Å². The summed E-state index contributed by atoms with van der Waals surface area (Å²) >= 11 is 0. The number of imide groups is 2. The number of hydrogen-bond donors (Lipinski definition) is 2. The van der Waals surface area contributed by atoms with E-state index in [9.17, 15) is 29.1 Å². The molecule has 0 bridgehead atoms. The Balaban J connectivity index is 1.86.